The molecule has 8 heteroatoms. The van der Waals surface area contributed by atoms with Crippen LogP contribution in [0.3, 0.4) is 0 Å². The van der Waals surface area contributed by atoms with E-state index in [1.54, 1.807) is 52.7 Å². The zero-order valence-corrected chi connectivity index (χ0v) is 17.0. The number of aromatic nitrogens is 4. The summed E-state index contributed by atoms with van der Waals surface area (Å²) in [5.41, 5.74) is 2.01. The first kappa shape index (κ1) is 19.1. The average molecular weight is 429 g/mol. The van der Waals surface area contributed by atoms with Crippen LogP contribution in [0, 0.1) is 5.82 Å². The highest BCUT2D eigenvalue weighted by molar-refractivity contribution is 7.13. The normalized spacial score (nSPS) is 11.0. The molecule has 0 saturated carbocycles. The molecule has 4 aromatic heterocycles. The molecule has 0 aliphatic heterocycles. The average Bonchev–Trinajstić information content (AvgIpc) is 3.47. The van der Waals surface area contributed by atoms with Crippen LogP contribution in [0.1, 0.15) is 16.1 Å². The predicted octanol–water partition coefficient (Wildman–Crippen LogP) is 4.61. The van der Waals surface area contributed by atoms with Crippen LogP contribution in [0.25, 0.3) is 27.3 Å². The Morgan fingerprint density at radius 1 is 1.00 bits per heavy atom. The monoisotopic (exact) mass is 429 g/mol. The van der Waals surface area contributed by atoms with Crippen LogP contribution in [-0.2, 0) is 6.54 Å². The van der Waals surface area contributed by atoms with Crippen LogP contribution in [0.5, 0.6) is 0 Å². The second kappa shape index (κ2) is 8.08. The van der Waals surface area contributed by atoms with Gasteiger partial charge < -0.3 is 5.32 Å². The fourth-order valence-corrected chi connectivity index (χ4v) is 4.14. The first-order chi connectivity index (χ1) is 15.2. The van der Waals surface area contributed by atoms with Crippen molar-refractivity contribution in [3.63, 3.8) is 0 Å². The molecule has 1 N–H and O–H groups in total. The summed E-state index contributed by atoms with van der Waals surface area (Å²) >= 11 is 1.57. The van der Waals surface area contributed by atoms with Crippen molar-refractivity contribution in [1.82, 2.24) is 25.1 Å². The van der Waals surface area contributed by atoms with Gasteiger partial charge in [0.2, 0.25) is 0 Å². The Bertz CT molecular complexity index is 1370. The first-order valence-corrected chi connectivity index (χ1v) is 10.4. The van der Waals surface area contributed by atoms with Crippen LogP contribution in [0.2, 0.25) is 0 Å². The molecule has 0 fully saturated rings. The number of amides is 1. The highest BCUT2D eigenvalue weighted by Crippen LogP contribution is 2.33. The lowest BCUT2D eigenvalue weighted by Crippen LogP contribution is -2.24. The van der Waals surface area contributed by atoms with Crippen molar-refractivity contribution in [3.05, 3.63) is 95.5 Å². The fraction of sp³-hybridized carbons (Fsp3) is 0.0435. The number of fused-ring (bicyclic) bond motifs is 1. The molecule has 0 unspecified atom stereocenters. The second-order valence-corrected chi connectivity index (χ2v) is 7.70. The van der Waals surface area contributed by atoms with Crippen LogP contribution in [-0.4, -0.2) is 25.7 Å². The van der Waals surface area contributed by atoms with Gasteiger partial charge in [-0.25, -0.2) is 14.4 Å². The summed E-state index contributed by atoms with van der Waals surface area (Å²) in [7, 11) is 0. The van der Waals surface area contributed by atoms with Gasteiger partial charge in [-0.3, -0.25) is 4.79 Å². The number of halogens is 1. The van der Waals surface area contributed by atoms with E-state index < -0.39 is 5.91 Å². The van der Waals surface area contributed by atoms with E-state index in [4.69, 9.17) is 0 Å². The summed E-state index contributed by atoms with van der Waals surface area (Å²) in [6.45, 7) is 0.0536. The van der Waals surface area contributed by atoms with Gasteiger partial charge in [0.05, 0.1) is 5.39 Å². The molecule has 5 aromatic rings. The molecular formula is C23H16FN5OS. The van der Waals surface area contributed by atoms with Gasteiger partial charge in [0, 0.05) is 34.9 Å². The van der Waals surface area contributed by atoms with Crippen molar-refractivity contribution in [3.8, 4) is 16.3 Å². The van der Waals surface area contributed by atoms with Gasteiger partial charge in [-0.05, 0) is 35.7 Å². The predicted molar refractivity (Wildman–Crippen MR) is 118 cm³/mol. The third-order valence-corrected chi connectivity index (χ3v) is 5.74. The molecule has 0 radical (unpaired) electrons. The number of carbonyl (C=O) groups excluding carboxylic acids is 1. The molecule has 31 heavy (non-hydrogen) atoms. The maximum absolute atomic E-state index is 14.0. The second-order valence-electron chi connectivity index (χ2n) is 6.76. The minimum Gasteiger partial charge on any atom is -0.346 e. The SMILES string of the molecule is O=C(NCc1ccccc1F)c1nn(-c2ccccn2)c2nccc(-c3cccs3)c12. The largest absolute Gasteiger partial charge is 0.346 e. The Kier molecular flexibility index (Phi) is 4.97. The summed E-state index contributed by atoms with van der Waals surface area (Å²) in [4.78, 5) is 23.0. The molecule has 0 bridgehead atoms. The van der Waals surface area contributed by atoms with Crippen LogP contribution >= 0.6 is 11.3 Å². The molecule has 5 rings (SSSR count). The molecule has 1 aromatic carbocycles. The third-order valence-electron chi connectivity index (χ3n) is 4.83. The van der Waals surface area contributed by atoms with E-state index in [0.29, 0.717) is 22.4 Å². The summed E-state index contributed by atoms with van der Waals surface area (Å²) in [5, 5.41) is 9.94. The molecule has 0 spiro atoms. The van der Waals surface area contributed by atoms with E-state index in [1.165, 1.54) is 6.07 Å². The Morgan fingerprint density at radius 2 is 1.87 bits per heavy atom. The number of carbonyl (C=O) groups is 1. The number of thiophene rings is 1. The zero-order valence-electron chi connectivity index (χ0n) is 16.2. The maximum atomic E-state index is 14.0. The number of pyridine rings is 2. The van der Waals surface area contributed by atoms with E-state index in [2.05, 4.69) is 20.4 Å². The molecule has 1 amide bonds. The number of hydrogen-bond donors (Lipinski definition) is 1. The van der Waals surface area contributed by atoms with Gasteiger partial charge in [0.15, 0.2) is 17.2 Å². The quantitative estimate of drug-likeness (QED) is 0.443. The molecule has 152 valence electrons. The number of hydrogen-bond acceptors (Lipinski definition) is 5. The molecule has 0 aliphatic carbocycles. The smallest absolute Gasteiger partial charge is 0.272 e. The Hall–Kier alpha value is -3.91. The minimum absolute atomic E-state index is 0.0536. The lowest BCUT2D eigenvalue weighted by Gasteiger charge is -2.06. The molecule has 0 atom stereocenters. The fourth-order valence-electron chi connectivity index (χ4n) is 3.38. The van der Waals surface area contributed by atoms with Crippen molar-refractivity contribution >= 4 is 28.3 Å². The van der Waals surface area contributed by atoms with E-state index in [-0.39, 0.29) is 18.1 Å². The van der Waals surface area contributed by atoms with Crippen molar-refractivity contribution in [2.75, 3.05) is 0 Å². The molecule has 0 aliphatic rings. The van der Waals surface area contributed by atoms with Crippen molar-refractivity contribution in [1.29, 1.82) is 0 Å². The Morgan fingerprint density at radius 3 is 2.65 bits per heavy atom. The standard InChI is InChI=1S/C23H16FN5OS/c24-17-7-2-1-6-15(17)14-27-23(30)21-20-16(18-8-5-13-31-18)10-12-26-22(20)29(28-21)19-9-3-4-11-25-19/h1-13H,14H2,(H,27,30). The summed E-state index contributed by atoms with van der Waals surface area (Å²) in [6, 6.07) is 17.6. The van der Waals surface area contributed by atoms with Crippen LogP contribution in [0.15, 0.2) is 78.4 Å². The Balaban J connectivity index is 1.62. The number of nitrogens with zero attached hydrogens (tertiary/aromatic N) is 4. The van der Waals surface area contributed by atoms with Gasteiger partial charge >= 0.3 is 0 Å². The topological polar surface area (TPSA) is 72.7 Å². The highest BCUT2D eigenvalue weighted by Gasteiger charge is 2.23. The van der Waals surface area contributed by atoms with Crippen LogP contribution < -0.4 is 5.32 Å². The summed E-state index contributed by atoms with van der Waals surface area (Å²) < 4.78 is 15.5. The van der Waals surface area contributed by atoms with Crippen molar-refractivity contribution in [2.45, 2.75) is 6.54 Å². The molecule has 4 heterocycles. The number of rotatable bonds is 5. The van der Waals surface area contributed by atoms with Gasteiger partial charge in [-0.2, -0.15) is 9.78 Å². The first-order valence-electron chi connectivity index (χ1n) is 9.57. The van der Waals surface area contributed by atoms with E-state index in [1.807, 2.05) is 35.7 Å². The summed E-state index contributed by atoms with van der Waals surface area (Å²) in [6.07, 6.45) is 3.35. The van der Waals surface area contributed by atoms with Crippen molar-refractivity contribution in [2.24, 2.45) is 0 Å². The number of nitrogens with one attached hydrogen (secondary N) is 1. The summed E-state index contributed by atoms with van der Waals surface area (Å²) in [5.74, 6) is -0.224. The number of benzene rings is 1. The van der Waals surface area contributed by atoms with Gasteiger partial charge in [-0.1, -0.05) is 30.3 Å². The Labute approximate surface area is 181 Å². The van der Waals surface area contributed by atoms with Gasteiger partial charge in [0.25, 0.3) is 5.91 Å². The zero-order chi connectivity index (χ0) is 21.2. The molecule has 0 saturated heterocycles. The molecular weight excluding hydrogens is 413 g/mol. The van der Waals surface area contributed by atoms with Gasteiger partial charge in [-0.15, -0.1) is 11.3 Å². The van der Waals surface area contributed by atoms with Gasteiger partial charge in [0.1, 0.15) is 5.82 Å². The van der Waals surface area contributed by atoms with Crippen LogP contribution in [0.4, 0.5) is 4.39 Å². The van der Waals surface area contributed by atoms with Crippen molar-refractivity contribution < 1.29 is 9.18 Å². The molecule has 6 nitrogen and oxygen atoms in total. The van der Waals surface area contributed by atoms with E-state index in [9.17, 15) is 9.18 Å². The lowest BCUT2D eigenvalue weighted by molar-refractivity contribution is 0.0946. The minimum atomic E-state index is -0.409. The van der Waals surface area contributed by atoms with E-state index in [0.717, 1.165) is 10.4 Å². The maximum Gasteiger partial charge on any atom is 0.272 e. The van der Waals surface area contributed by atoms with E-state index >= 15 is 0 Å². The highest BCUT2D eigenvalue weighted by atomic mass is 32.1. The third kappa shape index (κ3) is 3.57. The lowest BCUT2D eigenvalue weighted by atomic mass is 10.1.